The number of halogens is 1. The molecule has 0 radical (unpaired) electrons. The molecule has 0 aliphatic carbocycles. The van der Waals surface area contributed by atoms with E-state index in [0.717, 1.165) is 26.6 Å². The van der Waals surface area contributed by atoms with Crippen LogP contribution in [0.2, 0.25) is 5.02 Å². The third-order valence-electron chi connectivity index (χ3n) is 3.91. The van der Waals surface area contributed by atoms with Crippen LogP contribution in [0, 0.1) is 6.92 Å². The van der Waals surface area contributed by atoms with Gasteiger partial charge in [0.05, 0.1) is 12.0 Å². The van der Waals surface area contributed by atoms with Crippen molar-refractivity contribution < 1.29 is 14.3 Å². The fraction of sp³-hybridized carbons (Fsp3) is 0.136. The number of ether oxygens (including phenoxy) is 2. The third kappa shape index (κ3) is 5.22. The third-order valence-corrected chi connectivity index (χ3v) is 5.16. The number of carbonyl (C=O) groups excluding carboxylic acids is 1. The van der Waals surface area contributed by atoms with Crippen molar-refractivity contribution in [2.45, 2.75) is 13.5 Å². The van der Waals surface area contributed by atoms with Gasteiger partial charge in [-0.3, -0.25) is 4.79 Å². The summed E-state index contributed by atoms with van der Waals surface area (Å²) in [7, 11) is 1.62. The number of carbonyl (C=O) groups is 1. The Morgan fingerprint density at radius 1 is 1.15 bits per heavy atom. The van der Waals surface area contributed by atoms with Crippen molar-refractivity contribution >= 4 is 34.8 Å². The van der Waals surface area contributed by atoms with Crippen molar-refractivity contribution in [3.63, 3.8) is 0 Å². The van der Waals surface area contributed by atoms with Gasteiger partial charge in [0.15, 0.2) is 5.78 Å². The summed E-state index contributed by atoms with van der Waals surface area (Å²) in [6.45, 7) is 2.32. The van der Waals surface area contributed by atoms with Gasteiger partial charge in [-0.1, -0.05) is 29.8 Å². The molecule has 3 aromatic rings. The first-order chi connectivity index (χ1) is 13.0. The van der Waals surface area contributed by atoms with Crippen LogP contribution in [-0.4, -0.2) is 12.9 Å². The van der Waals surface area contributed by atoms with Crippen molar-refractivity contribution in [3.8, 4) is 11.5 Å². The summed E-state index contributed by atoms with van der Waals surface area (Å²) in [5.74, 6) is 1.42. The lowest BCUT2D eigenvalue weighted by molar-refractivity contribution is 0.105. The largest absolute Gasteiger partial charge is 0.496 e. The molecule has 0 unspecified atom stereocenters. The zero-order valence-electron chi connectivity index (χ0n) is 15.1. The smallest absolute Gasteiger partial charge is 0.195 e. The maximum absolute atomic E-state index is 12.2. The Morgan fingerprint density at radius 3 is 2.70 bits per heavy atom. The van der Waals surface area contributed by atoms with Gasteiger partial charge in [-0.05, 0) is 61.0 Å². The molecule has 2 aromatic carbocycles. The fourth-order valence-electron chi connectivity index (χ4n) is 2.55. The number of ketones is 1. The molecule has 3 nitrogen and oxygen atoms in total. The Kier molecular flexibility index (Phi) is 6.32. The quantitative estimate of drug-likeness (QED) is 0.351. The van der Waals surface area contributed by atoms with E-state index in [-0.39, 0.29) is 5.78 Å². The number of aryl methyl sites for hydroxylation is 1. The topological polar surface area (TPSA) is 35.5 Å². The monoisotopic (exact) mass is 398 g/mol. The highest BCUT2D eigenvalue weighted by Gasteiger charge is 2.07. The highest BCUT2D eigenvalue weighted by Crippen LogP contribution is 2.24. The second-order valence-electron chi connectivity index (χ2n) is 5.93. The van der Waals surface area contributed by atoms with Crippen molar-refractivity contribution in [2.75, 3.05) is 7.11 Å². The second kappa shape index (κ2) is 8.89. The Balaban J connectivity index is 1.74. The molecule has 27 heavy (non-hydrogen) atoms. The maximum Gasteiger partial charge on any atom is 0.195 e. The molecule has 0 aliphatic rings. The zero-order chi connectivity index (χ0) is 19.2. The molecule has 0 atom stereocenters. The molecule has 5 heteroatoms. The van der Waals surface area contributed by atoms with Crippen molar-refractivity contribution in [2.24, 2.45) is 0 Å². The number of benzene rings is 2. The van der Waals surface area contributed by atoms with Crippen LogP contribution in [0.1, 0.15) is 25.7 Å². The minimum absolute atomic E-state index is 0.000598. The van der Waals surface area contributed by atoms with Gasteiger partial charge in [0.1, 0.15) is 18.1 Å². The lowest BCUT2D eigenvalue weighted by atomic mass is 10.1. The molecule has 1 aromatic heterocycles. The molecule has 0 saturated heterocycles. The molecule has 0 aliphatic heterocycles. The molecule has 0 fully saturated rings. The number of thiophene rings is 1. The fourth-order valence-corrected chi connectivity index (χ4v) is 3.52. The van der Waals surface area contributed by atoms with E-state index in [1.807, 2.05) is 49.4 Å². The Bertz CT molecular complexity index is 975. The van der Waals surface area contributed by atoms with Crippen LogP contribution < -0.4 is 9.47 Å². The molecule has 0 amide bonds. The first-order valence-corrected chi connectivity index (χ1v) is 9.59. The summed E-state index contributed by atoms with van der Waals surface area (Å²) < 4.78 is 11.2. The van der Waals surface area contributed by atoms with Gasteiger partial charge in [0.2, 0.25) is 0 Å². The van der Waals surface area contributed by atoms with E-state index in [9.17, 15) is 4.79 Å². The Hall–Kier alpha value is -2.56. The van der Waals surface area contributed by atoms with Crippen LogP contribution in [0.3, 0.4) is 0 Å². The van der Waals surface area contributed by atoms with Gasteiger partial charge in [0, 0.05) is 15.5 Å². The minimum Gasteiger partial charge on any atom is -0.496 e. The van der Waals surface area contributed by atoms with Gasteiger partial charge >= 0.3 is 0 Å². The average molecular weight is 399 g/mol. The highest BCUT2D eigenvalue weighted by molar-refractivity contribution is 7.14. The second-order valence-corrected chi connectivity index (χ2v) is 7.65. The van der Waals surface area contributed by atoms with Crippen LogP contribution in [-0.2, 0) is 6.61 Å². The van der Waals surface area contributed by atoms with Gasteiger partial charge < -0.3 is 9.47 Å². The molecule has 1 heterocycles. The summed E-state index contributed by atoms with van der Waals surface area (Å²) in [6.07, 6.45) is 3.40. The van der Waals surface area contributed by atoms with Gasteiger partial charge in [-0.15, -0.1) is 11.3 Å². The summed E-state index contributed by atoms with van der Waals surface area (Å²) in [6, 6.07) is 16.8. The van der Waals surface area contributed by atoms with E-state index in [0.29, 0.717) is 17.4 Å². The first-order valence-electron chi connectivity index (χ1n) is 8.39. The van der Waals surface area contributed by atoms with Crippen LogP contribution in [0.5, 0.6) is 11.5 Å². The van der Waals surface area contributed by atoms with Gasteiger partial charge in [0.25, 0.3) is 0 Å². The normalized spacial score (nSPS) is 10.9. The molecule has 0 N–H and O–H groups in total. The number of methoxy groups -OCH3 is 1. The summed E-state index contributed by atoms with van der Waals surface area (Å²) in [5, 5.41) is 0.624. The SMILES string of the molecule is COc1ccc(/C=C/C(=O)c2ccc(C)s2)cc1COc1cccc(Cl)c1. The number of hydrogen-bond acceptors (Lipinski definition) is 4. The van der Waals surface area contributed by atoms with E-state index in [1.165, 1.54) is 11.3 Å². The van der Waals surface area contributed by atoms with Crippen LogP contribution in [0.25, 0.3) is 6.08 Å². The van der Waals surface area contributed by atoms with E-state index in [1.54, 1.807) is 31.4 Å². The predicted molar refractivity (Wildman–Crippen MR) is 111 cm³/mol. The zero-order valence-corrected chi connectivity index (χ0v) is 16.6. The maximum atomic E-state index is 12.2. The molecule has 138 valence electrons. The summed E-state index contributed by atoms with van der Waals surface area (Å²) >= 11 is 7.48. The van der Waals surface area contributed by atoms with Gasteiger partial charge in [-0.25, -0.2) is 0 Å². The Labute approximate surface area is 167 Å². The number of hydrogen-bond donors (Lipinski definition) is 0. The number of rotatable bonds is 7. The molecular formula is C22H19ClO3S. The highest BCUT2D eigenvalue weighted by atomic mass is 35.5. The van der Waals surface area contributed by atoms with Crippen molar-refractivity contribution in [1.29, 1.82) is 0 Å². The van der Waals surface area contributed by atoms with Crippen LogP contribution in [0.4, 0.5) is 0 Å². The lowest BCUT2D eigenvalue weighted by Crippen LogP contribution is -1.99. The van der Waals surface area contributed by atoms with Crippen molar-refractivity contribution in [3.05, 3.63) is 86.6 Å². The summed E-state index contributed by atoms with van der Waals surface area (Å²) in [4.78, 5) is 14.1. The van der Waals surface area contributed by atoms with Crippen LogP contribution in [0.15, 0.2) is 60.7 Å². The molecule has 0 saturated carbocycles. The molecular weight excluding hydrogens is 380 g/mol. The van der Waals surface area contributed by atoms with Crippen molar-refractivity contribution in [1.82, 2.24) is 0 Å². The average Bonchev–Trinajstić information content (AvgIpc) is 3.11. The predicted octanol–water partition coefficient (Wildman–Crippen LogP) is 6.19. The van der Waals surface area contributed by atoms with Crippen LogP contribution >= 0.6 is 22.9 Å². The number of allylic oxidation sites excluding steroid dienone is 1. The Morgan fingerprint density at radius 2 is 2.00 bits per heavy atom. The van der Waals surface area contributed by atoms with E-state index < -0.39 is 0 Å². The van der Waals surface area contributed by atoms with E-state index in [2.05, 4.69) is 0 Å². The summed E-state index contributed by atoms with van der Waals surface area (Å²) in [5.41, 5.74) is 1.79. The first kappa shape index (κ1) is 19.2. The minimum atomic E-state index is 0.000598. The molecule has 0 bridgehead atoms. The molecule has 0 spiro atoms. The lowest BCUT2D eigenvalue weighted by Gasteiger charge is -2.11. The van der Waals surface area contributed by atoms with Gasteiger partial charge in [-0.2, -0.15) is 0 Å². The van der Waals surface area contributed by atoms with E-state index >= 15 is 0 Å². The standard InChI is InChI=1S/C22H19ClO3S/c1-15-6-11-22(27-15)20(24)9-7-16-8-10-21(25-2)17(12-16)14-26-19-5-3-4-18(23)13-19/h3-13H,14H2,1-2H3/b9-7+. The molecule has 3 rings (SSSR count). The van der Waals surface area contributed by atoms with E-state index in [4.69, 9.17) is 21.1 Å².